The molecule has 1 aromatic rings. The summed E-state index contributed by atoms with van der Waals surface area (Å²) < 4.78 is 0. The summed E-state index contributed by atoms with van der Waals surface area (Å²) in [5, 5.41) is 0. The fourth-order valence-electron chi connectivity index (χ4n) is 1.78. The molecule has 0 heterocycles. The predicted octanol–water partition coefficient (Wildman–Crippen LogP) is 2.91. The van der Waals surface area contributed by atoms with Crippen LogP contribution in [0.4, 0.5) is 0 Å². The van der Waals surface area contributed by atoms with Crippen molar-refractivity contribution in [3.8, 4) is 0 Å². The zero-order chi connectivity index (χ0) is 7.14. The Kier molecular flexibility index (Phi) is 1.10. The Bertz CT molecular complexity index is 223. The van der Waals surface area contributed by atoms with Gasteiger partial charge in [0.1, 0.15) is 0 Å². The molecule has 0 saturated heterocycles. The van der Waals surface area contributed by atoms with Gasteiger partial charge in [0.05, 0.1) is 0 Å². The third-order valence-electron chi connectivity index (χ3n) is 2.73. The van der Waals surface area contributed by atoms with E-state index in [1.807, 2.05) is 0 Å². The SMILES string of the molecule is CC1c2ccccc2C1C. The second kappa shape index (κ2) is 1.85. The van der Waals surface area contributed by atoms with E-state index < -0.39 is 0 Å². The van der Waals surface area contributed by atoms with Gasteiger partial charge < -0.3 is 0 Å². The van der Waals surface area contributed by atoms with Crippen LogP contribution in [0.2, 0.25) is 0 Å². The van der Waals surface area contributed by atoms with E-state index in [0.717, 1.165) is 11.8 Å². The van der Waals surface area contributed by atoms with Crippen LogP contribution < -0.4 is 0 Å². The van der Waals surface area contributed by atoms with Gasteiger partial charge in [-0.3, -0.25) is 0 Å². The molecule has 2 unspecified atom stereocenters. The lowest BCUT2D eigenvalue weighted by Crippen LogP contribution is -2.18. The van der Waals surface area contributed by atoms with Crippen LogP contribution in [0.25, 0.3) is 0 Å². The number of hydrogen-bond donors (Lipinski definition) is 0. The van der Waals surface area contributed by atoms with Crippen molar-refractivity contribution in [3.63, 3.8) is 0 Å². The van der Waals surface area contributed by atoms with Crippen LogP contribution in [-0.2, 0) is 0 Å². The molecule has 0 aliphatic heterocycles. The normalized spacial score (nSPS) is 29.0. The summed E-state index contributed by atoms with van der Waals surface area (Å²) in [6.45, 7) is 4.60. The third-order valence-corrected chi connectivity index (χ3v) is 2.73. The fourth-order valence-corrected chi connectivity index (χ4v) is 1.78. The summed E-state index contributed by atoms with van der Waals surface area (Å²) in [7, 11) is 0. The number of benzene rings is 1. The maximum atomic E-state index is 2.30. The lowest BCUT2D eigenvalue weighted by atomic mass is 9.70. The van der Waals surface area contributed by atoms with Crippen molar-refractivity contribution in [2.75, 3.05) is 0 Å². The maximum absolute atomic E-state index is 2.30. The van der Waals surface area contributed by atoms with Crippen LogP contribution in [-0.4, -0.2) is 0 Å². The van der Waals surface area contributed by atoms with Gasteiger partial charge >= 0.3 is 0 Å². The Balaban J connectivity index is 2.50. The molecule has 0 saturated carbocycles. The van der Waals surface area contributed by atoms with Crippen LogP contribution in [0.15, 0.2) is 24.3 Å². The highest BCUT2D eigenvalue weighted by molar-refractivity contribution is 5.43. The maximum Gasteiger partial charge on any atom is -0.0121 e. The van der Waals surface area contributed by atoms with Crippen molar-refractivity contribution in [2.45, 2.75) is 25.7 Å². The molecule has 0 aromatic heterocycles. The number of rotatable bonds is 0. The van der Waals surface area contributed by atoms with Gasteiger partial charge in [-0.25, -0.2) is 0 Å². The van der Waals surface area contributed by atoms with Crippen molar-refractivity contribution >= 4 is 0 Å². The predicted molar refractivity (Wildman–Crippen MR) is 43.3 cm³/mol. The standard InChI is InChI=1S/C10H12/c1-7-8(2)10-6-4-3-5-9(7)10/h3-8H,1-2H3. The summed E-state index contributed by atoms with van der Waals surface area (Å²) in [4.78, 5) is 0. The Hall–Kier alpha value is -0.780. The number of fused-ring (bicyclic) bond motifs is 1. The van der Waals surface area contributed by atoms with E-state index in [1.54, 1.807) is 11.1 Å². The number of hydrogen-bond acceptors (Lipinski definition) is 0. The van der Waals surface area contributed by atoms with Gasteiger partial charge in [0.2, 0.25) is 0 Å². The van der Waals surface area contributed by atoms with E-state index in [1.165, 1.54) is 0 Å². The van der Waals surface area contributed by atoms with Gasteiger partial charge in [-0.05, 0) is 23.0 Å². The van der Waals surface area contributed by atoms with Gasteiger partial charge in [-0.15, -0.1) is 0 Å². The van der Waals surface area contributed by atoms with E-state index in [4.69, 9.17) is 0 Å². The van der Waals surface area contributed by atoms with E-state index in [2.05, 4.69) is 38.1 Å². The van der Waals surface area contributed by atoms with Crippen LogP contribution in [0.1, 0.15) is 36.8 Å². The molecule has 0 spiro atoms. The van der Waals surface area contributed by atoms with Crippen molar-refractivity contribution in [1.29, 1.82) is 0 Å². The smallest absolute Gasteiger partial charge is 0.0121 e. The Morgan fingerprint density at radius 3 is 1.70 bits per heavy atom. The summed E-state index contributed by atoms with van der Waals surface area (Å²) in [5.74, 6) is 1.58. The van der Waals surface area contributed by atoms with Gasteiger partial charge in [0, 0.05) is 0 Å². The molecule has 0 fully saturated rings. The van der Waals surface area contributed by atoms with Gasteiger partial charge in [-0.1, -0.05) is 38.1 Å². The van der Waals surface area contributed by atoms with Crippen LogP contribution >= 0.6 is 0 Å². The van der Waals surface area contributed by atoms with Crippen molar-refractivity contribution in [3.05, 3.63) is 35.4 Å². The summed E-state index contributed by atoms with van der Waals surface area (Å²) in [6, 6.07) is 8.72. The Morgan fingerprint density at radius 2 is 1.30 bits per heavy atom. The minimum Gasteiger partial charge on any atom is -0.0620 e. The first kappa shape index (κ1) is 5.96. The lowest BCUT2D eigenvalue weighted by Gasteiger charge is -2.34. The largest absolute Gasteiger partial charge is 0.0620 e. The van der Waals surface area contributed by atoms with Crippen molar-refractivity contribution < 1.29 is 0 Å². The molecule has 0 heteroatoms. The molecule has 0 bridgehead atoms. The first-order chi connectivity index (χ1) is 4.80. The quantitative estimate of drug-likeness (QED) is 0.509. The Morgan fingerprint density at radius 1 is 0.900 bits per heavy atom. The molecule has 2 atom stereocenters. The molecular weight excluding hydrogens is 120 g/mol. The third kappa shape index (κ3) is 0.566. The zero-order valence-corrected chi connectivity index (χ0v) is 6.46. The molecule has 2 rings (SSSR count). The monoisotopic (exact) mass is 132 g/mol. The highest BCUT2D eigenvalue weighted by Crippen LogP contribution is 2.45. The molecule has 1 aliphatic rings. The molecule has 1 aromatic carbocycles. The van der Waals surface area contributed by atoms with Crippen LogP contribution in [0.5, 0.6) is 0 Å². The summed E-state index contributed by atoms with van der Waals surface area (Å²) in [5.41, 5.74) is 3.10. The topological polar surface area (TPSA) is 0 Å². The first-order valence-corrected chi connectivity index (χ1v) is 3.89. The second-order valence-electron chi connectivity index (χ2n) is 3.21. The van der Waals surface area contributed by atoms with E-state index in [-0.39, 0.29) is 0 Å². The highest BCUT2D eigenvalue weighted by atomic mass is 14.3. The molecule has 0 amide bonds. The van der Waals surface area contributed by atoms with E-state index >= 15 is 0 Å². The molecule has 0 nitrogen and oxygen atoms in total. The fraction of sp³-hybridized carbons (Fsp3) is 0.400. The molecule has 1 aliphatic carbocycles. The van der Waals surface area contributed by atoms with Gasteiger partial charge in [0.15, 0.2) is 0 Å². The van der Waals surface area contributed by atoms with E-state index in [0.29, 0.717) is 0 Å². The van der Waals surface area contributed by atoms with Crippen LogP contribution in [0.3, 0.4) is 0 Å². The minimum atomic E-state index is 0.788. The molecule has 10 heavy (non-hydrogen) atoms. The highest BCUT2D eigenvalue weighted by Gasteiger charge is 2.29. The van der Waals surface area contributed by atoms with Crippen molar-refractivity contribution in [2.24, 2.45) is 0 Å². The molecular formula is C10H12. The van der Waals surface area contributed by atoms with E-state index in [9.17, 15) is 0 Å². The van der Waals surface area contributed by atoms with Gasteiger partial charge in [0.25, 0.3) is 0 Å². The average Bonchev–Trinajstić information content (AvgIpc) is 2.03. The molecule has 52 valence electrons. The first-order valence-electron chi connectivity index (χ1n) is 3.89. The van der Waals surface area contributed by atoms with Crippen molar-refractivity contribution in [1.82, 2.24) is 0 Å². The summed E-state index contributed by atoms with van der Waals surface area (Å²) in [6.07, 6.45) is 0. The zero-order valence-electron chi connectivity index (χ0n) is 6.46. The summed E-state index contributed by atoms with van der Waals surface area (Å²) >= 11 is 0. The minimum absolute atomic E-state index is 0.788. The molecule has 0 N–H and O–H groups in total. The Labute approximate surface area is 61.9 Å². The lowest BCUT2D eigenvalue weighted by molar-refractivity contribution is 0.542. The average molecular weight is 132 g/mol. The second-order valence-corrected chi connectivity index (χ2v) is 3.21. The van der Waals surface area contributed by atoms with Gasteiger partial charge in [-0.2, -0.15) is 0 Å². The molecule has 0 radical (unpaired) electrons. The van der Waals surface area contributed by atoms with Crippen LogP contribution in [0, 0.1) is 0 Å².